The van der Waals surface area contributed by atoms with Gasteiger partial charge in [0.05, 0.1) is 40.0 Å². The summed E-state index contributed by atoms with van der Waals surface area (Å²) in [5.74, 6) is -0.974. The number of phosphoric acid groups is 1. The molecule has 0 saturated carbocycles. The van der Waals surface area contributed by atoms with Crippen molar-refractivity contribution in [2.75, 3.05) is 47.5 Å². The fourth-order valence-electron chi connectivity index (χ4n) is 5.88. The number of likely N-dealkylation sites (N-methyl/N-ethyl adjacent to an activating group) is 1. The molecule has 1 saturated heterocycles. The van der Waals surface area contributed by atoms with E-state index in [4.69, 9.17) is 23.3 Å². The topological polar surface area (TPSA) is 124 Å². The van der Waals surface area contributed by atoms with Gasteiger partial charge in [0, 0.05) is 12.8 Å². The van der Waals surface area contributed by atoms with Crippen molar-refractivity contribution in [3.63, 3.8) is 0 Å². The highest BCUT2D eigenvalue weighted by Crippen LogP contribution is 2.38. The van der Waals surface area contributed by atoms with Gasteiger partial charge in [-0.1, -0.05) is 132 Å². The Hall–Kier alpha value is -2.59. The monoisotopic (exact) mass is 848 g/mol. The first-order valence-corrected chi connectivity index (χ1v) is 24.2. The molecule has 1 aliphatic rings. The number of unbranched alkanes of at least 4 members (excludes halogenated alkanes) is 11. The van der Waals surface area contributed by atoms with E-state index in [0.717, 1.165) is 44.9 Å². The van der Waals surface area contributed by atoms with Crippen LogP contribution in [0.1, 0.15) is 155 Å². The minimum absolute atomic E-state index is 0.0542. The molecule has 1 rings (SSSR count). The lowest BCUT2D eigenvalue weighted by Gasteiger charge is -2.28. The number of epoxide rings is 1. The Morgan fingerprint density at radius 2 is 1.07 bits per heavy atom. The molecular formula is C48H82NO9P. The van der Waals surface area contributed by atoms with E-state index in [0.29, 0.717) is 48.9 Å². The summed E-state index contributed by atoms with van der Waals surface area (Å²) in [5.41, 5.74) is 0. The van der Waals surface area contributed by atoms with Gasteiger partial charge in [-0.05, 0) is 83.5 Å². The maximum Gasteiger partial charge on any atom is 0.306 e. The van der Waals surface area contributed by atoms with Crippen LogP contribution in [0.2, 0.25) is 0 Å². The maximum absolute atomic E-state index is 12.7. The van der Waals surface area contributed by atoms with Crippen molar-refractivity contribution in [1.29, 1.82) is 0 Å². The van der Waals surface area contributed by atoms with Gasteiger partial charge in [0.2, 0.25) is 0 Å². The zero-order chi connectivity index (χ0) is 43.3. The highest BCUT2D eigenvalue weighted by molar-refractivity contribution is 7.45. The van der Waals surface area contributed by atoms with Gasteiger partial charge in [-0.2, -0.15) is 0 Å². The van der Waals surface area contributed by atoms with Crippen LogP contribution in [0.25, 0.3) is 0 Å². The summed E-state index contributed by atoms with van der Waals surface area (Å²) in [6.07, 6.45) is 46.9. The van der Waals surface area contributed by atoms with Crippen molar-refractivity contribution in [3.05, 3.63) is 72.9 Å². The highest BCUT2D eigenvalue weighted by atomic mass is 31.2. The lowest BCUT2D eigenvalue weighted by Crippen LogP contribution is -2.37. The molecule has 0 spiro atoms. The number of esters is 2. The van der Waals surface area contributed by atoms with E-state index in [-0.39, 0.29) is 26.1 Å². The molecule has 59 heavy (non-hydrogen) atoms. The lowest BCUT2D eigenvalue weighted by atomic mass is 10.1. The van der Waals surface area contributed by atoms with Crippen LogP contribution < -0.4 is 4.89 Å². The minimum Gasteiger partial charge on any atom is -0.756 e. The molecule has 1 fully saturated rings. The molecule has 1 aliphatic heterocycles. The number of allylic oxidation sites excluding steroid dienone is 10. The number of quaternary nitrogens is 1. The number of rotatable bonds is 39. The average Bonchev–Trinajstić information content (AvgIpc) is 3.94. The van der Waals surface area contributed by atoms with Crippen LogP contribution in [-0.2, 0) is 37.4 Å². The second-order valence-electron chi connectivity index (χ2n) is 16.4. The number of carbonyl (C=O) groups excluding carboxylic acids is 2. The summed E-state index contributed by atoms with van der Waals surface area (Å²) >= 11 is 0. The predicted molar refractivity (Wildman–Crippen MR) is 240 cm³/mol. The lowest BCUT2D eigenvalue weighted by molar-refractivity contribution is -0.870. The van der Waals surface area contributed by atoms with Gasteiger partial charge in [0.1, 0.15) is 19.8 Å². The quantitative estimate of drug-likeness (QED) is 0.0148. The summed E-state index contributed by atoms with van der Waals surface area (Å²) in [4.78, 5) is 37.6. The van der Waals surface area contributed by atoms with Crippen molar-refractivity contribution in [2.45, 2.75) is 173 Å². The Morgan fingerprint density at radius 1 is 0.610 bits per heavy atom. The van der Waals surface area contributed by atoms with Gasteiger partial charge in [-0.15, -0.1) is 0 Å². The van der Waals surface area contributed by atoms with Gasteiger partial charge in [0.25, 0.3) is 7.82 Å². The van der Waals surface area contributed by atoms with Crippen LogP contribution in [-0.4, -0.2) is 82.2 Å². The fraction of sp³-hybridized carbons (Fsp3) is 0.708. The normalized spacial score (nSPS) is 17.7. The Balaban J connectivity index is 2.36. The Kier molecular flexibility index (Phi) is 33.3. The summed E-state index contributed by atoms with van der Waals surface area (Å²) < 4.78 is 39.6. The number of carbonyl (C=O) groups is 2. The second kappa shape index (κ2) is 36.1. The smallest absolute Gasteiger partial charge is 0.306 e. The molecule has 0 aromatic carbocycles. The van der Waals surface area contributed by atoms with E-state index >= 15 is 0 Å². The van der Waals surface area contributed by atoms with Gasteiger partial charge >= 0.3 is 11.9 Å². The van der Waals surface area contributed by atoms with E-state index in [1.807, 2.05) is 33.3 Å². The molecular weight excluding hydrogens is 765 g/mol. The number of ether oxygens (including phenoxy) is 3. The van der Waals surface area contributed by atoms with Crippen molar-refractivity contribution in [1.82, 2.24) is 0 Å². The SMILES string of the molecule is CCCCC/C=C\CC1OC1C/C=C\C/C=C\CCCC(=O)OC[C@H](COP(=O)([O-])OCC[N+](C)(C)C)OC(=O)CCC/C=C\C/C=C\C/C=C\CCCCCCCC. The predicted octanol–water partition coefficient (Wildman–Crippen LogP) is 11.4. The van der Waals surface area contributed by atoms with Crippen LogP contribution in [0.15, 0.2) is 72.9 Å². The Morgan fingerprint density at radius 3 is 1.66 bits per heavy atom. The second-order valence-corrected chi connectivity index (χ2v) is 17.9. The maximum atomic E-state index is 12.7. The van der Waals surface area contributed by atoms with Gasteiger partial charge in [0.15, 0.2) is 6.10 Å². The van der Waals surface area contributed by atoms with E-state index in [1.54, 1.807) is 0 Å². The zero-order valence-electron chi connectivity index (χ0n) is 37.6. The third kappa shape index (κ3) is 36.9. The summed E-state index contributed by atoms with van der Waals surface area (Å²) in [5, 5.41) is 0. The minimum atomic E-state index is -4.66. The molecule has 338 valence electrons. The number of phosphoric ester groups is 1. The summed E-state index contributed by atoms with van der Waals surface area (Å²) in [6.45, 7) is 4.04. The number of hydrogen-bond acceptors (Lipinski definition) is 9. The standard InChI is InChI=1S/C48H82NO9P/c1-6-8-10-12-14-15-16-17-18-19-20-21-22-23-26-31-35-39-48(51)57-44(43-56-59(52,53)55-41-40-49(3,4)5)42-54-47(50)38-34-30-27-24-25-29-33-37-46-45(58-46)36-32-28-13-11-9-7-2/h17-18,20-21,23-24,26-29,32-33,44-46H,6-16,19,22,25,30-31,34-43H2,1-5H3/b18-17-,21-20-,26-23-,27-24-,32-28-,33-29-/t44-,45?,46?/m1/s1. The average molecular weight is 848 g/mol. The fourth-order valence-corrected chi connectivity index (χ4v) is 6.61. The summed E-state index contributed by atoms with van der Waals surface area (Å²) in [6, 6.07) is 0. The molecule has 11 heteroatoms. The molecule has 0 N–H and O–H groups in total. The Bertz CT molecular complexity index is 1300. The molecule has 0 aromatic rings. The molecule has 3 unspecified atom stereocenters. The van der Waals surface area contributed by atoms with E-state index in [9.17, 15) is 19.0 Å². The molecule has 0 aliphatic carbocycles. The van der Waals surface area contributed by atoms with Crippen LogP contribution in [0, 0.1) is 0 Å². The molecule has 4 atom stereocenters. The van der Waals surface area contributed by atoms with E-state index in [1.165, 1.54) is 57.8 Å². The van der Waals surface area contributed by atoms with Crippen molar-refractivity contribution >= 4 is 19.8 Å². The Labute approximate surface area is 359 Å². The van der Waals surface area contributed by atoms with Gasteiger partial charge < -0.3 is 32.6 Å². The third-order valence-corrected chi connectivity index (χ3v) is 10.6. The molecule has 10 nitrogen and oxygen atoms in total. The largest absolute Gasteiger partial charge is 0.756 e. The molecule has 0 amide bonds. The summed E-state index contributed by atoms with van der Waals surface area (Å²) in [7, 11) is 1.09. The molecule has 0 aromatic heterocycles. The number of hydrogen-bond donors (Lipinski definition) is 0. The first kappa shape index (κ1) is 54.4. The first-order valence-electron chi connectivity index (χ1n) is 22.8. The third-order valence-electron chi connectivity index (χ3n) is 9.60. The van der Waals surface area contributed by atoms with E-state index in [2.05, 4.69) is 74.6 Å². The van der Waals surface area contributed by atoms with Crippen LogP contribution in [0.5, 0.6) is 0 Å². The van der Waals surface area contributed by atoms with Crippen molar-refractivity contribution < 1.29 is 46.8 Å². The van der Waals surface area contributed by atoms with Crippen molar-refractivity contribution in [2.24, 2.45) is 0 Å². The highest BCUT2D eigenvalue weighted by Gasteiger charge is 2.36. The zero-order valence-corrected chi connectivity index (χ0v) is 38.5. The molecule has 0 radical (unpaired) electrons. The van der Waals surface area contributed by atoms with Crippen LogP contribution in [0.3, 0.4) is 0 Å². The van der Waals surface area contributed by atoms with E-state index < -0.39 is 32.5 Å². The first-order chi connectivity index (χ1) is 28.5. The number of nitrogens with zero attached hydrogens (tertiary/aromatic N) is 1. The molecule has 1 heterocycles. The van der Waals surface area contributed by atoms with Crippen molar-refractivity contribution in [3.8, 4) is 0 Å². The van der Waals surface area contributed by atoms with Crippen LogP contribution >= 0.6 is 7.82 Å². The van der Waals surface area contributed by atoms with Gasteiger partial charge in [-0.25, -0.2) is 0 Å². The van der Waals surface area contributed by atoms with Gasteiger partial charge in [-0.3, -0.25) is 14.2 Å². The molecule has 0 bridgehead atoms. The van der Waals surface area contributed by atoms with Crippen LogP contribution in [0.4, 0.5) is 0 Å².